The van der Waals surface area contributed by atoms with Crippen LogP contribution in [0.15, 0.2) is 0 Å². The highest BCUT2D eigenvalue weighted by Crippen LogP contribution is 2.04. The van der Waals surface area contributed by atoms with Gasteiger partial charge in [-0.15, -0.1) is 0 Å². The highest BCUT2D eigenvalue weighted by atomic mass is 16.4. The van der Waals surface area contributed by atoms with Crippen LogP contribution < -0.4 is 27.4 Å². The molecule has 3 atom stereocenters. The number of carboxylic acid groups (broad SMARTS) is 3. The fourth-order valence-electron chi connectivity index (χ4n) is 2.26. The summed E-state index contributed by atoms with van der Waals surface area (Å²) in [4.78, 5) is 80.2. The minimum atomic E-state index is -1.61. The molecule has 15 nitrogen and oxygen atoms in total. The van der Waals surface area contributed by atoms with Crippen molar-refractivity contribution in [2.45, 2.75) is 50.2 Å². The molecular weight excluding hydrogens is 422 g/mol. The van der Waals surface area contributed by atoms with Gasteiger partial charge in [0.05, 0.1) is 13.0 Å². The fraction of sp³-hybridized carbons (Fsp3) is 0.562. The van der Waals surface area contributed by atoms with Gasteiger partial charge in [-0.2, -0.15) is 0 Å². The van der Waals surface area contributed by atoms with Crippen LogP contribution in [0.25, 0.3) is 0 Å². The fourth-order valence-corrected chi connectivity index (χ4v) is 2.26. The molecular formula is C16H25N5O10. The van der Waals surface area contributed by atoms with Crippen LogP contribution in [-0.2, 0) is 33.6 Å². The van der Waals surface area contributed by atoms with E-state index in [9.17, 15) is 33.6 Å². The molecule has 0 aliphatic heterocycles. The molecule has 0 aromatic rings. The monoisotopic (exact) mass is 447 g/mol. The number of amides is 4. The van der Waals surface area contributed by atoms with E-state index < -0.39 is 91.9 Å². The van der Waals surface area contributed by atoms with Gasteiger partial charge in [0.15, 0.2) is 0 Å². The first kappa shape index (κ1) is 27.2. The maximum atomic E-state index is 12.5. The highest BCUT2D eigenvalue weighted by molar-refractivity contribution is 5.95. The standard InChI is InChI=1S/C16H25N5O10/c17-6-11(23)19-9(5-13(26)27)15(29)20-7(1-3-10(18)22)14(28)21-8(16(30)31)2-4-12(24)25/h7-9H,1-6,17H2,(H2,18,22)(H,19,23)(H,20,29)(H,21,28)(H,24,25)(H,26,27)(H,30,31). The molecule has 0 bridgehead atoms. The van der Waals surface area contributed by atoms with E-state index in [2.05, 4.69) is 10.6 Å². The van der Waals surface area contributed by atoms with Crippen LogP contribution in [0.5, 0.6) is 0 Å². The van der Waals surface area contributed by atoms with Crippen molar-refractivity contribution < 1.29 is 48.9 Å². The molecule has 0 spiro atoms. The summed E-state index contributed by atoms with van der Waals surface area (Å²) in [6.45, 7) is -0.543. The molecule has 0 heterocycles. The number of rotatable bonds is 15. The van der Waals surface area contributed by atoms with E-state index in [0.717, 1.165) is 0 Å². The smallest absolute Gasteiger partial charge is 0.326 e. The number of carbonyl (C=O) groups is 7. The van der Waals surface area contributed by atoms with Crippen molar-refractivity contribution in [3.05, 3.63) is 0 Å². The van der Waals surface area contributed by atoms with Crippen molar-refractivity contribution >= 4 is 41.5 Å². The van der Waals surface area contributed by atoms with E-state index in [1.165, 1.54) is 0 Å². The summed E-state index contributed by atoms with van der Waals surface area (Å²) in [5.74, 6) is -8.15. The number of carboxylic acids is 3. The number of primary amides is 1. The second-order valence-corrected chi connectivity index (χ2v) is 6.32. The lowest BCUT2D eigenvalue weighted by molar-refractivity contribution is -0.144. The van der Waals surface area contributed by atoms with Crippen LogP contribution in [0.2, 0.25) is 0 Å². The SMILES string of the molecule is NCC(=O)NC(CC(=O)O)C(=O)NC(CCC(N)=O)C(=O)NC(CCC(=O)O)C(=O)O. The predicted molar refractivity (Wildman–Crippen MR) is 100 cm³/mol. The van der Waals surface area contributed by atoms with Crippen LogP contribution in [-0.4, -0.2) is 81.5 Å². The molecule has 0 rings (SSSR count). The molecule has 31 heavy (non-hydrogen) atoms. The third-order valence-corrected chi connectivity index (χ3v) is 3.79. The van der Waals surface area contributed by atoms with E-state index in [4.69, 9.17) is 26.8 Å². The lowest BCUT2D eigenvalue weighted by Crippen LogP contribution is -2.56. The highest BCUT2D eigenvalue weighted by Gasteiger charge is 2.30. The summed E-state index contributed by atoms with van der Waals surface area (Å²) in [5, 5.41) is 32.9. The Morgan fingerprint density at radius 1 is 0.710 bits per heavy atom. The normalized spacial score (nSPS) is 13.2. The number of hydrogen-bond acceptors (Lipinski definition) is 8. The van der Waals surface area contributed by atoms with E-state index in [1.54, 1.807) is 0 Å². The molecule has 174 valence electrons. The molecule has 0 radical (unpaired) electrons. The number of nitrogens with one attached hydrogen (secondary N) is 3. The number of hydrogen-bond donors (Lipinski definition) is 8. The largest absolute Gasteiger partial charge is 0.481 e. The van der Waals surface area contributed by atoms with Crippen molar-refractivity contribution in [2.24, 2.45) is 11.5 Å². The number of nitrogens with two attached hydrogens (primary N) is 2. The average Bonchev–Trinajstić information content (AvgIpc) is 2.66. The second-order valence-electron chi connectivity index (χ2n) is 6.32. The zero-order valence-electron chi connectivity index (χ0n) is 16.3. The van der Waals surface area contributed by atoms with Gasteiger partial charge >= 0.3 is 17.9 Å². The van der Waals surface area contributed by atoms with Gasteiger partial charge in [-0.1, -0.05) is 0 Å². The lowest BCUT2D eigenvalue weighted by Gasteiger charge is -2.23. The Hall–Kier alpha value is -3.75. The molecule has 0 saturated carbocycles. The van der Waals surface area contributed by atoms with Crippen molar-refractivity contribution in [3.63, 3.8) is 0 Å². The van der Waals surface area contributed by atoms with Gasteiger partial charge in [0.25, 0.3) is 0 Å². The van der Waals surface area contributed by atoms with Crippen LogP contribution in [0, 0.1) is 0 Å². The number of aliphatic carboxylic acids is 3. The van der Waals surface area contributed by atoms with Crippen molar-refractivity contribution in [1.82, 2.24) is 16.0 Å². The van der Waals surface area contributed by atoms with Crippen LogP contribution in [0.1, 0.15) is 32.1 Å². The molecule has 0 saturated heterocycles. The Morgan fingerprint density at radius 3 is 1.68 bits per heavy atom. The van der Waals surface area contributed by atoms with E-state index in [-0.39, 0.29) is 6.42 Å². The Balaban J connectivity index is 5.46. The van der Waals surface area contributed by atoms with Gasteiger partial charge in [-0.05, 0) is 12.8 Å². The van der Waals surface area contributed by atoms with Crippen molar-refractivity contribution in [1.29, 1.82) is 0 Å². The van der Waals surface area contributed by atoms with Gasteiger partial charge in [0.1, 0.15) is 18.1 Å². The van der Waals surface area contributed by atoms with E-state index in [1.807, 2.05) is 5.32 Å². The van der Waals surface area contributed by atoms with Crippen LogP contribution in [0.3, 0.4) is 0 Å². The zero-order chi connectivity index (χ0) is 24.1. The molecule has 0 aliphatic rings. The van der Waals surface area contributed by atoms with Crippen LogP contribution in [0.4, 0.5) is 0 Å². The summed E-state index contributed by atoms with van der Waals surface area (Å²) in [5.41, 5.74) is 10.1. The Labute approximate surface area is 175 Å². The van der Waals surface area contributed by atoms with E-state index in [0.29, 0.717) is 0 Å². The van der Waals surface area contributed by atoms with Crippen molar-refractivity contribution in [3.8, 4) is 0 Å². The molecule has 0 fully saturated rings. The topological polar surface area (TPSA) is 268 Å². The van der Waals surface area contributed by atoms with Gasteiger partial charge < -0.3 is 42.7 Å². The molecule has 0 aromatic heterocycles. The first-order chi connectivity index (χ1) is 14.4. The predicted octanol–water partition coefficient (Wildman–Crippen LogP) is -3.91. The maximum Gasteiger partial charge on any atom is 0.326 e. The molecule has 3 unspecified atom stereocenters. The lowest BCUT2D eigenvalue weighted by atomic mass is 10.1. The first-order valence-corrected chi connectivity index (χ1v) is 8.92. The summed E-state index contributed by atoms with van der Waals surface area (Å²) in [6, 6.07) is -4.75. The zero-order valence-corrected chi connectivity index (χ0v) is 16.3. The van der Waals surface area contributed by atoms with E-state index >= 15 is 0 Å². The molecule has 15 heteroatoms. The summed E-state index contributed by atoms with van der Waals surface area (Å²) < 4.78 is 0. The van der Waals surface area contributed by atoms with Gasteiger partial charge in [-0.3, -0.25) is 28.8 Å². The molecule has 10 N–H and O–H groups in total. The average molecular weight is 447 g/mol. The minimum absolute atomic E-state index is 0.372. The Morgan fingerprint density at radius 2 is 1.23 bits per heavy atom. The summed E-state index contributed by atoms with van der Waals surface area (Å²) >= 11 is 0. The Bertz CT molecular complexity index is 726. The Kier molecular flexibility index (Phi) is 11.8. The van der Waals surface area contributed by atoms with Gasteiger partial charge in [-0.25, -0.2) is 4.79 Å². The first-order valence-electron chi connectivity index (χ1n) is 8.92. The molecule has 4 amide bonds. The minimum Gasteiger partial charge on any atom is -0.481 e. The second kappa shape index (κ2) is 13.5. The maximum absolute atomic E-state index is 12.5. The van der Waals surface area contributed by atoms with Gasteiger partial charge in [0, 0.05) is 12.8 Å². The quantitative estimate of drug-likeness (QED) is 0.120. The van der Waals surface area contributed by atoms with Crippen molar-refractivity contribution in [2.75, 3.05) is 6.54 Å². The van der Waals surface area contributed by atoms with Gasteiger partial charge in [0.2, 0.25) is 23.6 Å². The summed E-state index contributed by atoms with van der Waals surface area (Å²) in [6.07, 6.45) is -2.65. The molecule has 0 aliphatic carbocycles. The summed E-state index contributed by atoms with van der Waals surface area (Å²) in [7, 11) is 0. The van der Waals surface area contributed by atoms with Crippen LogP contribution >= 0.6 is 0 Å². The number of carbonyl (C=O) groups excluding carboxylic acids is 4. The third kappa shape index (κ3) is 11.7. The third-order valence-electron chi connectivity index (χ3n) is 3.79. The molecule has 0 aromatic carbocycles.